The van der Waals surface area contributed by atoms with Crippen LogP contribution in [0.4, 0.5) is 14.5 Å². The van der Waals surface area contributed by atoms with E-state index in [-0.39, 0.29) is 10.6 Å². The van der Waals surface area contributed by atoms with Crippen molar-refractivity contribution in [2.75, 3.05) is 12.4 Å². The molecule has 5 nitrogen and oxygen atoms in total. The van der Waals surface area contributed by atoms with Crippen LogP contribution in [-0.2, 0) is 9.53 Å². The lowest BCUT2D eigenvalue weighted by Gasteiger charge is -2.15. The van der Waals surface area contributed by atoms with Crippen molar-refractivity contribution in [2.45, 2.75) is 13.0 Å². The van der Waals surface area contributed by atoms with Crippen molar-refractivity contribution in [2.24, 2.45) is 0 Å². The molecule has 132 valence electrons. The number of hydrogen-bond donors (Lipinski definition) is 1. The Labute approximate surface area is 147 Å². The van der Waals surface area contributed by atoms with Gasteiger partial charge in [-0.15, -0.1) is 0 Å². The number of rotatable bonds is 5. The van der Waals surface area contributed by atoms with Crippen molar-refractivity contribution < 1.29 is 27.8 Å². The monoisotopic (exact) mass is 369 g/mol. The van der Waals surface area contributed by atoms with Crippen LogP contribution in [0, 0.1) is 11.6 Å². The van der Waals surface area contributed by atoms with Crippen molar-refractivity contribution in [1.29, 1.82) is 0 Å². The highest BCUT2D eigenvalue weighted by Gasteiger charge is 2.23. The van der Waals surface area contributed by atoms with Crippen molar-refractivity contribution in [1.82, 2.24) is 0 Å². The number of esters is 1. The van der Waals surface area contributed by atoms with Gasteiger partial charge in [0.1, 0.15) is 5.75 Å². The zero-order valence-corrected chi connectivity index (χ0v) is 14.1. The van der Waals surface area contributed by atoms with Gasteiger partial charge in [0, 0.05) is 0 Å². The van der Waals surface area contributed by atoms with Gasteiger partial charge in [-0.2, -0.15) is 0 Å². The van der Waals surface area contributed by atoms with Crippen LogP contribution in [0.15, 0.2) is 36.4 Å². The van der Waals surface area contributed by atoms with E-state index in [2.05, 4.69) is 5.32 Å². The molecule has 2 rings (SSSR count). The van der Waals surface area contributed by atoms with Gasteiger partial charge in [-0.05, 0) is 31.2 Å². The minimum Gasteiger partial charge on any atom is -0.495 e. The largest absolute Gasteiger partial charge is 0.495 e. The minimum atomic E-state index is -1.25. The molecule has 8 heteroatoms. The first-order valence-electron chi connectivity index (χ1n) is 7.13. The molecule has 1 atom stereocenters. The molecule has 0 saturated carbocycles. The van der Waals surface area contributed by atoms with E-state index in [9.17, 15) is 18.4 Å². The van der Waals surface area contributed by atoms with Crippen LogP contribution in [0.3, 0.4) is 0 Å². The number of benzene rings is 2. The first-order valence-corrected chi connectivity index (χ1v) is 7.50. The fraction of sp³-hybridized carbons (Fsp3) is 0.176. The van der Waals surface area contributed by atoms with E-state index in [1.807, 2.05) is 0 Å². The third kappa shape index (κ3) is 4.45. The van der Waals surface area contributed by atoms with Crippen LogP contribution >= 0.6 is 11.6 Å². The van der Waals surface area contributed by atoms with E-state index in [1.165, 1.54) is 14.0 Å². The van der Waals surface area contributed by atoms with Crippen molar-refractivity contribution in [3.63, 3.8) is 0 Å². The third-order valence-electron chi connectivity index (χ3n) is 3.25. The van der Waals surface area contributed by atoms with E-state index in [4.69, 9.17) is 21.1 Å². The SMILES string of the molecule is COc1ccccc1NC(=O)[C@@H](C)OC(=O)c1cc(F)c(F)cc1Cl. The number of ether oxygens (including phenoxy) is 2. The second-order valence-corrected chi connectivity index (χ2v) is 5.39. The normalized spacial score (nSPS) is 11.6. The topological polar surface area (TPSA) is 64.6 Å². The highest BCUT2D eigenvalue weighted by Crippen LogP contribution is 2.24. The number of carbonyl (C=O) groups excluding carboxylic acids is 2. The fourth-order valence-electron chi connectivity index (χ4n) is 1.94. The number of carbonyl (C=O) groups is 2. The van der Waals surface area contributed by atoms with Gasteiger partial charge in [0.25, 0.3) is 5.91 Å². The first-order chi connectivity index (χ1) is 11.8. The first kappa shape index (κ1) is 18.7. The summed E-state index contributed by atoms with van der Waals surface area (Å²) in [5.41, 5.74) is 0.0151. The van der Waals surface area contributed by atoms with Gasteiger partial charge in [0.2, 0.25) is 0 Å². The van der Waals surface area contributed by atoms with Gasteiger partial charge in [-0.25, -0.2) is 13.6 Å². The van der Waals surface area contributed by atoms with Crippen LogP contribution in [0.25, 0.3) is 0 Å². The summed E-state index contributed by atoms with van der Waals surface area (Å²) in [4.78, 5) is 24.2. The molecule has 1 N–H and O–H groups in total. The Kier molecular flexibility index (Phi) is 5.93. The molecule has 0 unspecified atom stereocenters. The van der Waals surface area contributed by atoms with Crippen LogP contribution in [-0.4, -0.2) is 25.1 Å². The molecule has 0 heterocycles. The van der Waals surface area contributed by atoms with Gasteiger partial charge < -0.3 is 14.8 Å². The summed E-state index contributed by atoms with van der Waals surface area (Å²) in [5.74, 6) is -3.69. The highest BCUT2D eigenvalue weighted by atomic mass is 35.5. The molecule has 0 radical (unpaired) electrons. The summed E-state index contributed by atoms with van der Waals surface area (Å²) in [6, 6.07) is 7.95. The molecular weight excluding hydrogens is 356 g/mol. The molecule has 0 spiro atoms. The van der Waals surface area contributed by atoms with E-state index in [1.54, 1.807) is 24.3 Å². The van der Waals surface area contributed by atoms with Crippen molar-refractivity contribution >= 4 is 29.2 Å². The standard InChI is InChI=1S/C17H14ClF2NO4/c1-9(16(22)21-14-5-3-4-6-15(14)24-2)25-17(23)10-7-12(19)13(20)8-11(10)18/h3-9H,1-2H3,(H,21,22)/t9-/m1/s1. The van der Waals surface area contributed by atoms with E-state index in [0.717, 1.165) is 0 Å². The smallest absolute Gasteiger partial charge is 0.340 e. The maximum Gasteiger partial charge on any atom is 0.340 e. The summed E-state index contributed by atoms with van der Waals surface area (Å²) >= 11 is 5.70. The molecule has 0 bridgehead atoms. The van der Waals surface area contributed by atoms with Gasteiger partial charge >= 0.3 is 5.97 Å². The Balaban J connectivity index is 2.08. The van der Waals surface area contributed by atoms with Crippen LogP contribution in [0.1, 0.15) is 17.3 Å². The molecule has 0 aliphatic rings. The van der Waals surface area contributed by atoms with Crippen LogP contribution < -0.4 is 10.1 Å². The lowest BCUT2D eigenvalue weighted by Crippen LogP contribution is -2.30. The number of amides is 1. The Hall–Kier alpha value is -2.67. The number of hydrogen-bond acceptors (Lipinski definition) is 4. The molecular formula is C17H14ClF2NO4. The lowest BCUT2D eigenvalue weighted by atomic mass is 10.2. The van der Waals surface area contributed by atoms with E-state index >= 15 is 0 Å². The quantitative estimate of drug-likeness (QED) is 0.643. The molecule has 2 aromatic carbocycles. The number of nitrogens with one attached hydrogen (secondary N) is 1. The molecule has 25 heavy (non-hydrogen) atoms. The predicted octanol–water partition coefficient (Wildman–Crippen LogP) is 3.81. The van der Waals surface area contributed by atoms with Crippen molar-refractivity contribution in [3.8, 4) is 5.75 Å². The van der Waals surface area contributed by atoms with Crippen LogP contribution in [0.2, 0.25) is 5.02 Å². The molecule has 0 aromatic heterocycles. The lowest BCUT2D eigenvalue weighted by molar-refractivity contribution is -0.123. The molecule has 0 aliphatic heterocycles. The summed E-state index contributed by atoms with van der Waals surface area (Å²) in [6.07, 6.45) is -1.21. The van der Waals surface area contributed by atoms with E-state index in [0.29, 0.717) is 23.6 Å². The van der Waals surface area contributed by atoms with Gasteiger partial charge in [0.05, 0.1) is 23.4 Å². The fourth-order valence-corrected chi connectivity index (χ4v) is 2.17. The Morgan fingerprint density at radius 3 is 2.48 bits per heavy atom. The van der Waals surface area contributed by atoms with E-state index < -0.39 is 29.6 Å². The number of anilines is 1. The molecule has 2 aromatic rings. The van der Waals surface area contributed by atoms with Gasteiger partial charge in [-0.1, -0.05) is 23.7 Å². The molecule has 1 amide bonds. The number of halogens is 3. The second-order valence-electron chi connectivity index (χ2n) is 4.98. The highest BCUT2D eigenvalue weighted by molar-refractivity contribution is 6.33. The number of para-hydroxylation sites is 2. The Bertz CT molecular complexity index is 813. The minimum absolute atomic E-state index is 0.318. The Morgan fingerprint density at radius 2 is 1.80 bits per heavy atom. The molecule has 0 aliphatic carbocycles. The average Bonchev–Trinajstić information content (AvgIpc) is 2.58. The zero-order valence-electron chi connectivity index (χ0n) is 13.3. The third-order valence-corrected chi connectivity index (χ3v) is 3.56. The maximum atomic E-state index is 13.3. The number of methoxy groups -OCH3 is 1. The summed E-state index contributed by atoms with van der Waals surface area (Å²) < 4.78 is 36.3. The average molecular weight is 370 g/mol. The molecule has 0 saturated heterocycles. The van der Waals surface area contributed by atoms with Gasteiger partial charge in [-0.3, -0.25) is 4.79 Å². The summed E-state index contributed by atoms with van der Waals surface area (Å²) in [7, 11) is 1.44. The zero-order chi connectivity index (χ0) is 18.6. The maximum absolute atomic E-state index is 13.3. The summed E-state index contributed by atoms with van der Waals surface area (Å²) in [5, 5.41) is 2.23. The van der Waals surface area contributed by atoms with Crippen molar-refractivity contribution in [3.05, 3.63) is 58.6 Å². The molecule has 0 fully saturated rings. The van der Waals surface area contributed by atoms with Crippen LogP contribution in [0.5, 0.6) is 5.75 Å². The second kappa shape index (κ2) is 7.94. The Morgan fingerprint density at radius 1 is 1.16 bits per heavy atom. The predicted molar refractivity (Wildman–Crippen MR) is 87.9 cm³/mol. The summed E-state index contributed by atoms with van der Waals surface area (Å²) in [6.45, 7) is 1.33. The van der Waals surface area contributed by atoms with Gasteiger partial charge in [0.15, 0.2) is 17.7 Å².